The number of nitrogens with one attached hydrogen (secondary N) is 1. The maximum Gasteiger partial charge on any atom is 0.220 e. The highest BCUT2D eigenvalue weighted by Crippen LogP contribution is 2.23. The van der Waals surface area contributed by atoms with E-state index in [-0.39, 0.29) is 11.3 Å². The van der Waals surface area contributed by atoms with E-state index in [1.54, 1.807) is 11.3 Å². The number of carbonyl (C=O) groups excluding carboxylic acids is 1. The molecule has 3 nitrogen and oxygen atoms in total. The molecule has 0 aliphatic heterocycles. The Morgan fingerprint density at radius 1 is 1.50 bits per heavy atom. The molecule has 1 heterocycles. The van der Waals surface area contributed by atoms with Crippen molar-refractivity contribution in [3.05, 3.63) is 20.8 Å². The average Bonchev–Trinajstić information content (AvgIpc) is 2.73. The average molecular weight is 333 g/mol. The van der Waals surface area contributed by atoms with E-state index in [1.807, 2.05) is 6.07 Å². The van der Waals surface area contributed by atoms with E-state index in [2.05, 4.69) is 41.2 Å². The zero-order chi connectivity index (χ0) is 13.6. The minimum Gasteiger partial charge on any atom is -0.356 e. The highest BCUT2D eigenvalue weighted by molar-refractivity contribution is 9.11. The van der Waals surface area contributed by atoms with Crippen LogP contribution < -0.4 is 11.1 Å². The number of amides is 1. The van der Waals surface area contributed by atoms with Crippen molar-refractivity contribution in [2.75, 3.05) is 13.1 Å². The molecule has 1 aromatic rings. The molecule has 0 spiro atoms. The van der Waals surface area contributed by atoms with Gasteiger partial charge in [0.2, 0.25) is 5.91 Å². The van der Waals surface area contributed by atoms with Crippen LogP contribution in [0.1, 0.15) is 31.6 Å². The fraction of sp³-hybridized carbons (Fsp3) is 0.615. The van der Waals surface area contributed by atoms with Crippen LogP contribution in [0.5, 0.6) is 0 Å². The Kier molecular flexibility index (Phi) is 6.32. The van der Waals surface area contributed by atoms with E-state index in [1.165, 1.54) is 4.88 Å². The molecule has 0 aliphatic rings. The monoisotopic (exact) mass is 332 g/mol. The lowest BCUT2D eigenvalue weighted by molar-refractivity contribution is -0.121. The summed E-state index contributed by atoms with van der Waals surface area (Å²) in [6.45, 7) is 5.33. The highest BCUT2D eigenvalue weighted by Gasteiger charge is 2.16. The number of carbonyl (C=O) groups is 1. The van der Waals surface area contributed by atoms with Crippen molar-refractivity contribution in [1.82, 2.24) is 5.32 Å². The van der Waals surface area contributed by atoms with Crippen molar-refractivity contribution in [3.8, 4) is 0 Å². The van der Waals surface area contributed by atoms with Gasteiger partial charge in [-0.2, -0.15) is 0 Å². The molecule has 0 radical (unpaired) electrons. The second-order valence-electron chi connectivity index (χ2n) is 5.20. The topological polar surface area (TPSA) is 55.1 Å². The molecule has 5 heteroatoms. The lowest BCUT2D eigenvalue weighted by Crippen LogP contribution is -2.38. The molecule has 1 rings (SSSR count). The molecule has 1 aromatic heterocycles. The summed E-state index contributed by atoms with van der Waals surface area (Å²) in [5.41, 5.74) is 5.60. The minimum absolute atomic E-state index is 0.0196. The predicted molar refractivity (Wildman–Crippen MR) is 80.8 cm³/mol. The first-order chi connectivity index (χ1) is 8.43. The van der Waals surface area contributed by atoms with Crippen LogP contribution >= 0.6 is 27.3 Å². The first-order valence-corrected chi connectivity index (χ1v) is 7.75. The van der Waals surface area contributed by atoms with Crippen LogP contribution in [0.25, 0.3) is 0 Å². The number of rotatable bonds is 7. The molecular formula is C13H21BrN2OS. The van der Waals surface area contributed by atoms with Crippen molar-refractivity contribution >= 4 is 33.2 Å². The molecule has 0 fully saturated rings. The molecule has 0 aromatic carbocycles. The molecule has 0 saturated heterocycles. The number of halogens is 1. The Morgan fingerprint density at radius 3 is 2.78 bits per heavy atom. The van der Waals surface area contributed by atoms with Crippen molar-refractivity contribution in [2.45, 2.75) is 33.1 Å². The van der Waals surface area contributed by atoms with Gasteiger partial charge in [-0.05, 0) is 52.9 Å². The first-order valence-electron chi connectivity index (χ1n) is 6.14. The summed E-state index contributed by atoms with van der Waals surface area (Å²) in [6.07, 6.45) is 2.43. The summed E-state index contributed by atoms with van der Waals surface area (Å²) >= 11 is 5.16. The quantitative estimate of drug-likeness (QED) is 0.806. The zero-order valence-corrected chi connectivity index (χ0v) is 13.4. The largest absolute Gasteiger partial charge is 0.356 e. The molecule has 0 bridgehead atoms. The normalized spacial score (nSPS) is 11.6. The summed E-state index contributed by atoms with van der Waals surface area (Å²) in [5.74, 6) is 0.118. The number of aryl methyl sites for hydroxylation is 1. The van der Waals surface area contributed by atoms with E-state index in [9.17, 15) is 4.79 Å². The summed E-state index contributed by atoms with van der Waals surface area (Å²) in [6, 6.07) is 4.15. The van der Waals surface area contributed by atoms with Gasteiger partial charge in [0.15, 0.2) is 0 Å². The van der Waals surface area contributed by atoms with Gasteiger partial charge in [0.1, 0.15) is 0 Å². The van der Waals surface area contributed by atoms with Gasteiger partial charge in [-0.25, -0.2) is 0 Å². The fourth-order valence-corrected chi connectivity index (χ4v) is 2.93. The number of hydrogen-bond acceptors (Lipinski definition) is 3. The standard InChI is InChI=1S/C13H21BrN2OS/c1-13(2,8-15)9-16-12(17)5-3-4-10-6-7-11(14)18-10/h6-7H,3-5,8-9,15H2,1-2H3,(H,16,17). The Hall–Kier alpha value is -0.390. The maximum atomic E-state index is 11.6. The number of hydrogen-bond donors (Lipinski definition) is 2. The van der Waals surface area contributed by atoms with E-state index < -0.39 is 0 Å². The van der Waals surface area contributed by atoms with E-state index in [4.69, 9.17) is 5.73 Å². The second-order valence-corrected chi connectivity index (χ2v) is 7.75. The molecule has 0 atom stereocenters. The Morgan fingerprint density at radius 2 is 2.22 bits per heavy atom. The van der Waals surface area contributed by atoms with Crippen LogP contribution in [-0.4, -0.2) is 19.0 Å². The third-order valence-corrected chi connectivity index (χ3v) is 4.46. The van der Waals surface area contributed by atoms with Crippen molar-refractivity contribution in [1.29, 1.82) is 0 Å². The molecule has 102 valence electrons. The lowest BCUT2D eigenvalue weighted by atomic mass is 9.94. The molecule has 3 N–H and O–H groups in total. The molecule has 18 heavy (non-hydrogen) atoms. The van der Waals surface area contributed by atoms with Gasteiger partial charge in [-0.1, -0.05) is 13.8 Å². The van der Waals surface area contributed by atoms with Crippen molar-refractivity contribution < 1.29 is 4.79 Å². The molecular weight excluding hydrogens is 312 g/mol. The maximum absolute atomic E-state index is 11.6. The van der Waals surface area contributed by atoms with Crippen LogP contribution in [0.4, 0.5) is 0 Å². The first kappa shape index (κ1) is 15.7. The summed E-state index contributed by atoms with van der Waals surface area (Å²) < 4.78 is 1.15. The molecule has 0 unspecified atom stereocenters. The third-order valence-electron chi connectivity index (χ3n) is 2.77. The van der Waals surface area contributed by atoms with E-state index in [0.717, 1.165) is 16.6 Å². The van der Waals surface area contributed by atoms with Gasteiger partial charge in [-0.3, -0.25) is 4.79 Å². The zero-order valence-electron chi connectivity index (χ0n) is 11.0. The Labute approximate surface area is 121 Å². The summed E-state index contributed by atoms with van der Waals surface area (Å²) in [5, 5.41) is 2.94. The molecule has 1 amide bonds. The van der Waals surface area contributed by atoms with Gasteiger partial charge in [0.05, 0.1) is 3.79 Å². The fourth-order valence-electron chi connectivity index (χ4n) is 1.41. The van der Waals surface area contributed by atoms with Gasteiger partial charge >= 0.3 is 0 Å². The van der Waals surface area contributed by atoms with E-state index in [0.29, 0.717) is 19.5 Å². The summed E-state index contributed by atoms with van der Waals surface area (Å²) in [4.78, 5) is 13.0. The lowest BCUT2D eigenvalue weighted by Gasteiger charge is -2.22. The third kappa shape index (κ3) is 5.98. The summed E-state index contributed by atoms with van der Waals surface area (Å²) in [7, 11) is 0. The van der Waals surface area contributed by atoms with Gasteiger partial charge in [0, 0.05) is 17.8 Å². The smallest absolute Gasteiger partial charge is 0.220 e. The second kappa shape index (κ2) is 7.26. The predicted octanol–water partition coefficient (Wildman–Crippen LogP) is 2.93. The van der Waals surface area contributed by atoms with Gasteiger partial charge in [0.25, 0.3) is 0 Å². The Bertz CT molecular complexity index is 390. The van der Waals surface area contributed by atoms with Gasteiger partial charge in [-0.15, -0.1) is 11.3 Å². The van der Waals surface area contributed by atoms with E-state index >= 15 is 0 Å². The van der Waals surface area contributed by atoms with Gasteiger partial charge < -0.3 is 11.1 Å². The van der Waals surface area contributed by atoms with Crippen LogP contribution in [0.15, 0.2) is 15.9 Å². The van der Waals surface area contributed by atoms with Crippen molar-refractivity contribution in [2.24, 2.45) is 11.1 Å². The van der Waals surface area contributed by atoms with Crippen LogP contribution in [-0.2, 0) is 11.2 Å². The minimum atomic E-state index is -0.0196. The number of thiophene rings is 1. The van der Waals surface area contributed by atoms with Crippen molar-refractivity contribution in [3.63, 3.8) is 0 Å². The number of nitrogens with two attached hydrogens (primary N) is 1. The molecule has 0 aliphatic carbocycles. The van der Waals surface area contributed by atoms with Crippen LogP contribution in [0.3, 0.4) is 0 Å². The molecule has 0 saturated carbocycles. The van der Waals surface area contributed by atoms with Crippen LogP contribution in [0.2, 0.25) is 0 Å². The Balaban J connectivity index is 2.18. The SMILES string of the molecule is CC(C)(CN)CNC(=O)CCCc1ccc(Br)s1. The van der Waals surface area contributed by atoms with Crippen LogP contribution in [0, 0.1) is 5.41 Å². The highest BCUT2D eigenvalue weighted by atomic mass is 79.9.